The van der Waals surface area contributed by atoms with Gasteiger partial charge < -0.3 is 19.9 Å². The summed E-state index contributed by atoms with van der Waals surface area (Å²) >= 11 is 0. The summed E-state index contributed by atoms with van der Waals surface area (Å²) in [6.45, 7) is 5.49. The first-order valence-corrected chi connectivity index (χ1v) is 16.1. The fraction of sp³-hybridized carbons (Fsp3) is 0.457. The van der Waals surface area contributed by atoms with Gasteiger partial charge in [-0.05, 0) is 68.5 Å². The van der Waals surface area contributed by atoms with Crippen LogP contribution in [0.15, 0.2) is 60.8 Å². The zero-order valence-electron chi connectivity index (χ0n) is 25.9. The number of nitrogens with one attached hydrogen (secondary N) is 1. The van der Waals surface area contributed by atoms with Crippen LogP contribution in [0.4, 0.5) is 0 Å². The van der Waals surface area contributed by atoms with E-state index in [0.717, 1.165) is 29.7 Å². The molecule has 1 aliphatic carbocycles. The predicted octanol–water partition coefficient (Wildman–Crippen LogP) is 2.48. The largest absolute Gasteiger partial charge is 0.347 e. The SMILES string of the molecule is CCn1cc2c3c(cccc31)C1=C[C@@H](C(=O)N[C@]3(C)O[C@@]4(O)[C@@H]5CCCN5C(=O)[C@H](Cc5ccccc5)N4C3=O)CN(C)[C@@H]1C2. The predicted molar refractivity (Wildman–Crippen MR) is 167 cm³/mol. The molecule has 0 unspecified atom stereocenters. The van der Waals surface area contributed by atoms with Crippen molar-refractivity contribution in [3.8, 4) is 0 Å². The van der Waals surface area contributed by atoms with Crippen molar-refractivity contribution in [1.82, 2.24) is 24.6 Å². The van der Waals surface area contributed by atoms with Gasteiger partial charge in [0.25, 0.3) is 11.8 Å². The molecule has 2 aromatic carbocycles. The number of fused-ring (bicyclic) bond motifs is 5. The van der Waals surface area contributed by atoms with Crippen LogP contribution in [0.3, 0.4) is 0 Å². The minimum atomic E-state index is -2.04. The van der Waals surface area contributed by atoms with Gasteiger partial charge in [0, 0.05) is 49.2 Å². The lowest BCUT2D eigenvalue weighted by Crippen LogP contribution is -2.71. The summed E-state index contributed by atoms with van der Waals surface area (Å²) in [5.41, 5.74) is 3.80. The summed E-state index contributed by atoms with van der Waals surface area (Å²) in [6.07, 6.45) is 6.60. The first-order valence-electron chi connectivity index (χ1n) is 16.1. The molecule has 2 N–H and O–H groups in total. The number of piperazine rings is 1. The average molecular weight is 610 g/mol. The number of nitrogens with zero attached hydrogens (tertiary/aromatic N) is 4. The lowest BCUT2D eigenvalue weighted by atomic mass is 9.79. The van der Waals surface area contributed by atoms with Gasteiger partial charge in [0.15, 0.2) is 0 Å². The molecule has 45 heavy (non-hydrogen) atoms. The third-order valence-corrected chi connectivity index (χ3v) is 10.7. The molecule has 6 atom stereocenters. The Morgan fingerprint density at radius 3 is 2.71 bits per heavy atom. The van der Waals surface area contributed by atoms with Crippen LogP contribution in [0.25, 0.3) is 16.5 Å². The van der Waals surface area contributed by atoms with Crippen LogP contribution in [-0.4, -0.2) is 92.0 Å². The standard InChI is InChI=1S/C35H39N5O5/c1-4-38-20-22-18-27-25(24-12-8-13-26(38)30(22)24)17-23(19-37(27)3)31(41)36-34(2)33(43)40-28(16-21-10-6-5-7-11-21)32(42)39-15-9-14-29(39)35(40,44)45-34/h5-8,10-13,17,20,23,27-29,44H,4,9,14-16,18-19H2,1-3H3,(H,36,41)/t23-,27-,28+,29+,34-,35+/m1/s1. The summed E-state index contributed by atoms with van der Waals surface area (Å²) in [5.74, 6) is -3.76. The van der Waals surface area contributed by atoms with Crippen LogP contribution in [0.5, 0.6) is 0 Å². The van der Waals surface area contributed by atoms with Crippen LogP contribution in [0.1, 0.15) is 43.4 Å². The van der Waals surface area contributed by atoms with E-state index >= 15 is 0 Å². The highest BCUT2D eigenvalue weighted by Crippen LogP contribution is 2.46. The van der Waals surface area contributed by atoms with Crippen molar-refractivity contribution in [2.24, 2.45) is 5.92 Å². The second-order valence-corrected chi connectivity index (χ2v) is 13.4. The zero-order chi connectivity index (χ0) is 31.2. The van der Waals surface area contributed by atoms with Crippen LogP contribution in [0, 0.1) is 5.92 Å². The van der Waals surface area contributed by atoms with E-state index in [-0.39, 0.29) is 24.3 Å². The minimum absolute atomic E-state index is 0.146. The molecule has 3 aromatic rings. The zero-order valence-corrected chi connectivity index (χ0v) is 25.9. The number of rotatable bonds is 5. The van der Waals surface area contributed by atoms with E-state index in [0.29, 0.717) is 25.9 Å². The molecule has 0 radical (unpaired) electrons. The van der Waals surface area contributed by atoms with Crippen molar-refractivity contribution in [3.05, 3.63) is 77.5 Å². The van der Waals surface area contributed by atoms with Crippen LogP contribution >= 0.6 is 0 Å². The first kappa shape index (κ1) is 28.5. The van der Waals surface area contributed by atoms with Crippen molar-refractivity contribution in [2.45, 2.75) is 75.8 Å². The van der Waals surface area contributed by atoms with E-state index in [1.807, 2.05) is 43.5 Å². The summed E-state index contributed by atoms with van der Waals surface area (Å²) in [4.78, 5) is 47.1. The molecule has 10 nitrogen and oxygen atoms in total. The molecular weight excluding hydrogens is 570 g/mol. The van der Waals surface area contributed by atoms with Gasteiger partial charge in [0.1, 0.15) is 12.1 Å². The van der Waals surface area contributed by atoms with Crippen molar-refractivity contribution in [2.75, 3.05) is 20.1 Å². The molecule has 3 saturated heterocycles. The van der Waals surface area contributed by atoms with Crippen LogP contribution in [-0.2, 0) is 38.5 Å². The molecule has 5 heterocycles. The quantitative estimate of drug-likeness (QED) is 0.461. The third-order valence-electron chi connectivity index (χ3n) is 10.7. The number of aliphatic hydroxyl groups is 1. The molecule has 3 fully saturated rings. The number of aryl methyl sites for hydroxylation is 1. The van der Waals surface area contributed by atoms with Gasteiger partial charge in [0.2, 0.25) is 17.5 Å². The van der Waals surface area contributed by atoms with Crippen molar-refractivity contribution < 1.29 is 24.2 Å². The molecule has 0 saturated carbocycles. The Kier molecular flexibility index (Phi) is 6.33. The number of hydrogen-bond acceptors (Lipinski definition) is 6. The Bertz CT molecular complexity index is 1770. The molecule has 3 amide bonds. The van der Waals surface area contributed by atoms with Crippen molar-refractivity contribution in [1.29, 1.82) is 0 Å². The van der Waals surface area contributed by atoms with E-state index in [2.05, 4.69) is 46.1 Å². The number of carbonyl (C=O) groups is 3. The molecule has 0 bridgehead atoms. The fourth-order valence-corrected chi connectivity index (χ4v) is 8.56. The number of carbonyl (C=O) groups excluding carboxylic acids is 3. The van der Waals surface area contributed by atoms with E-state index in [9.17, 15) is 19.5 Å². The molecular formula is C35H39N5O5. The number of likely N-dealkylation sites (N-methyl/N-ethyl adjacent to an activating group) is 1. The lowest BCUT2D eigenvalue weighted by Gasteiger charge is -2.48. The third kappa shape index (κ3) is 4.08. The van der Waals surface area contributed by atoms with Gasteiger partial charge in [-0.1, -0.05) is 48.5 Å². The summed E-state index contributed by atoms with van der Waals surface area (Å²) in [7, 11) is 2.04. The Hall–Kier alpha value is -3.99. The number of benzene rings is 2. The monoisotopic (exact) mass is 609 g/mol. The van der Waals surface area contributed by atoms with Crippen LogP contribution in [0.2, 0.25) is 0 Å². The number of hydrogen-bond donors (Lipinski definition) is 2. The van der Waals surface area contributed by atoms with Gasteiger partial charge in [-0.15, -0.1) is 0 Å². The highest BCUT2D eigenvalue weighted by atomic mass is 16.7. The van der Waals surface area contributed by atoms with E-state index < -0.39 is 35.5 Å². The molecule has 4 aliphatic heterocycles. The molecule has 234 valence electrons. The summed E-state index contributed by atoms with van der Waals surface area (Å²) in [5, 5.41) is 16.2. The van der Waals surface area contributed by atoms with Gasteiger partial charge in [-0.25, -0.2) is 0 Å². The number of amides is 3. The Morgan fingerprint density at radius 2 is 1.93 bits per heavy atom. The van der Waals surface area contributed by atoms with E-state index in [1.54, 1.807) is 4.90 Å². The minimum Gasteiger partial charge on any atom is -0.347 e. The summed E-state index contributed by atoms with van der Waals surface area (Å²) < 4.78 is 8.53. The number of aromatic nitrogens is 1. The van der Waals surface area contributed by atoms with Crippen LogP contribution < -0.4 is 5.32 Å². The fourth-order valence-electron chi connectivity index (χ4n) is 8.56. The van der Waals surface area contributed by atoms with Gasteiger partial charge in [-0.3, -0.25) is 28.9 Å². The maximum atomic E-state index is 14.2. The van der Waals surface area contributed by atoms with E-state index in [1.165, 1.54) is 28.3 Å². The second-order valence-electron chi connectivity index (χ2n) is 13.4. The van der Waals surface area contributed by atoms with Gasteiger partial charge in [-0.2, -0.15) is 0 Å². The highest BCUT2D eigenvalue weighted by Gasteiger charge is 2.70. The lowest BCUT2D eigenvalue weighted by molar-refractivity contribution is -0.315. The molecule has 8 rings (SSSR count). The Morgan fingerprint density at radius 1 is 1.13 bits per heavy atom. The van der Waals surface area contributed by atoms with Gasteiger partial charge >= 0.3 is 0 Å². The average Bonchev–Trinajstić information content (AvgIpc) is 3.72. The maximum Gasteiger partial charge on any atom is 0.280 e. The van der Waals surface area contributed by atoms with Crippen molar-refractivity contribution >= 4 is 34.2 Å². The van der Waals surface area contributed by atoms with Crippen molar-refractivity contribution in [3.63, 3.8) is 0 Å². The number of ether oxygens (including phenoxy) is 1. The molecule has 10 heteroatoms. The molecule has 1 aromatic heterocycles. The summed E-state index contributed by atoms with van der Waals surface area (Å²) in [6, 6.07) is 14.3. The normalized spacial score (nSPS) is 32.4. The molecule has 5 aliphatic rings. The first-order chi connectivity index (χ1) is 21.6. The Labute approximate surface area is 262 Å². The second kappa shape index (κ2) is 10.0. The van der Waals surface area contributed by atoms with Gasteiger partial charge in [0.05, 0.1) is 5.92 Å². The Balaban J connectivity index is 1.11. The van der Waals surface area contributed by atoms with E-state index in [4.69, 9.17) is 4.74 Å². The molecule has 0 spiro atoms. The maximum absolute atomic E-state index is 14.2. The smallest absolute Gasteiger partial charge is 0.280 e. The topological polar surface area (TPSA) is 107 Å². The highest BCUT2D eigenvalue weighted by molar-refractivity contribution is 6.01.